The van der Waals surface area contributed by atoms with Crippen LogP contribution in [0.3, 0.4) is 0 Å². The maximum atomic E-state index is 13.1. The number of rotatable bonds is 5. The highest BCUT2D eigenvalue weighted by atomic mass is 31.0. The lowest BCUT2D eigenvalue weighted by Crippen LogP contribution is -2.13. The van der Waals surface area contributed by atoms with Crippen molar-refractivity contribution in [3.63, 3.8) is 0 Å². The first-order chi connectivity index (χ1) is 8.43. The summed E-state index contributed by atoms with van der Waals surface area (Å²) >= 11 is 0. The van der Waals surface area contributed by atoms with E-state index in [1.165, 1.54) is 6.07 Å². The van der Waals surface area contributed by atoms with E-state index in [4.69, 9.17) is 4.74 Å². The predicted molar refractivity (Wildman–Crippen MR) is 77.1 cm³/mol. The molecule has 1 rings (SSSR count). The van der Waals surface area contributed by atoms with Crippen molar-refractivity contribution in [2.45, 2.75) is 13.5 Å². The monoisotopic (exact) mass is 267 g/mol. The van der Waals surface area contributed by atoms with E-state index in [2.05, 4.69) is 15.8 Å². The van der Waals surface area contributed by atoms with Gasteiger partial charge in [0.2, 0.25) is 0 Å². The van der Waals surface area contributed by atoms with Gasteiger partial charge in [-0.05, 0) is 30.2 Å². The van der Waals surface area contributed by atoms with Crippen molar-refractivity contribution in [1.29, 1.82) is 0 Å². The maximum Gasteiger partial charge on any atom is 0.136 e. The van der Waals surface area contributed by atoms with Gasteiger partial charge in [0.15, 0.2) is 0 Å². The van der Waals surface area contributed by atoms with Gasteiger partial charge in [0, 0.05) is 25.1 Å². The van der Waals surface area contributed by atoms with Crippen LogP contribution < -0.4 is 5.30 Å². The molecule has 0 heterocycles. The van der Waals surface area contributed by atoms with Gasteiger partial charge in [0.1, 0.15) is 11.6 Å². The number of methoxy groups -OCH3 is 1. The zero-order valence-electron chi connectivity index (χ0n) is 11.0. The Morgan fingerprint density at radius 1 is 1.56 bits per heavy atom. The van der Waals surface area contributed by atoms with E-state index in [-0.39, 0.29) is 5.82 Å². The van der Waals surface area contributed by atoms with Crippen molar-refractivity contribution in [3.05, 3.63) is 53.7 Å². The van der Waals surface area contributed by atoms with Gasteiger partial charge in [-0.15, -0.1) is 9.24 Å². The lowest BCUT2D eigenvalue weighted by atomic mass is 10.2. The Labute approximate surface area is 110 Å². The quantitative estimate of drug-likeness (QED) is 0.462. The summed E-state index contributed by atoms with van der Waals surface area (Å²) in [5.41, 5.74) is 1.91. The fraction of sp³-hybridized carbons (Fsp3) is 0.286. The molecule has 0 radical (unpaired) electrons. The van der Waals surface area contributed by atoms with E-state index in [0.29, 0.717) is 11.8 Å². The molecule has 0 N–H and O–H groups in total. The van der Waals surface area contributed by atoms with Crippen molar-refractivity contribution < 1.29 is 9.13 Å². The average molecular weight is 267 g/mol. The Bertz CT molecular complexity index is 471. The van der Waals surface area contributed by atoms with Gasteiger partial charge in [-0.2, -0.15) is 0 Å². The van der Waals surface area contributed by atoms with E-state index >= 15 is 0 Å². The third kappa shape index (κ3) is 4.15. The molecule has 1 atom stereocenters. The first kappa shape index (κ1) is 14.7. The zero-order valence-corrected chi connectivity index (χ0v) is 12.2. The Morgan fingerprint density at radius 2 is 2.22 bits per heavy atom. The Morgan fingerprint density at radius 3 is 2.72 bits per heavy atom. The van der Waals surface area contributed by atoms with Crippen LogP contribution >= 0.6 is 9.24 Å². The lowest BCUT2D eigenvalue weighted by Gasteiger charge is -2.17. The average Bonchev–Trinajstić information content (AvgIpc) is 2.30. The van der Waals surface area contributed by atoms with Crippen LogP contribution in [0.2, 0.25) is 0 Å². The number of hydrogen-bond donors (Lipinski definition) is 0. The van der Waals surface area contributed by atoms with Gasteiger partial charge in [-0.25, -0.2) is 4.39 Å². The molecule has 1 aromatic rings. The molecule has 0 saturated carbocycles. The summed E-state index contributed by atoms with van der Waals surface area (Å²) in [6, 6.07) is 5.07. The van der Waals surface area contributed by atoms with Crippen LogP contribution in [0.4, 0.5) is 4.39 Å². The number of hydrogen-bond acceptors (Lipinski definition) is 2. The minimum atomic E-state index is -0.207. The van der Waals surface area contributed by atoms with E-state index < -0.39 is 0 Å². The molecule has 0 aromatic heterocycles. The van der Waals surface area contributed by atoms with Crippen LogP contribution in [-0.4, -0.2) is 19.1 Å². The van der Waals surface area contributed by atoms with Gasteiger partial charge < -0.3 is 9.64 Å². The van der Waals surface area contributed by atoms with Crippen LogP contribution in [0.15, 0.2) is 42.3 Å². The molecule has 0 amide bonds. The molecule has 0 aliphatic rings. The molecule has 0 saturated heterocycles. The van der Waals surface area contributed by atoms with Crippen molar-refractivity contribution in [2.24, 2.45) is 0 Å². The van der Waals surface area contributed by atoms with Crippen LogP contribution in [0.5, 0.6) is 0 Å². The highest BCUT2D eigenvalue weighted by molar-refractivity contribution is 7.27. The molecule has 0 bridgehead atoms. The highest BCUT2D eigenvalue weighted by Crippen LogP contribution is 2.11. The number of ether oxygens (including phenoxy) is 1. The summed E-state index contributed by atoms with van der Waals surface area (Å²) in [6.45, 7) is 6.41. The van der Waals surface area contributed by atoms with Crippen LogP contribution in [0.1, 0.15) is 12.5 Å². The molecule has 1 unspecified atom stereocenters. The third-order valence-electron chi connectivity index (χ3n) is 2.47. The summed E-state index contributed by atoms with van der Waals surface area (Å²) in [5.74, 6) is 0.534. The van der Waals surface area contributed by atoms with Gasteiger partial charge in [-0.3, -0.25) is 0 Å². The zero-order chi connectivity index (χ0) is 13.7. The van der Waals surface area contributed by atoms with E-state index in [1.54, 1.807) is 13.2 Å². The minimum Gasteiger partial charge on any atom is -0.495 e. The summed E-state index contributed by atoms with van der Waals surface area (Å²) in [4.78, 5) is 1.98. The van der Waals surface area contributed by atoms with Crippen molar-refractivity contribution in [1.82, 2.24) is 4.90 Å². The lowest BCUT2D eigenvalue weighted by molar-refractivity contribution is 0.285. The van der Waals surface area contributed by atoms with Crippen LogP contribution in [0, 0.1) is 5.82 Å². The first-order valence-corrected chi connectivity index (χ1v) is 6.17. The maximum absolute atomic E-state index is 13.1. The molecule has 0 aliphatic heterocycles. The summed E-state index contributed by atoms with van der Waals surface area (Å²) in [5, 5.41) is 0.580. The third-order valence-corrected chi connectivity index (χ3v) is 2.91. The number of allylic oxidation sites excluding steroid dienone is 1. The number of halogens is 1. The molecule has 98 valence electrons. The van der Waals surface area contributed by atoms with Crippen molar-refractivity contribution in [2.75, 3.05) is 14.2 Å². The minimum absolute atomic E-state index is 0.207. The molecule has 4 heteroatoms. The smallest absolute Gasteiger partial charge is 0.136 e. The second kappa shape index (κ2) is 6.55. The first-order valence-electron chi connectivity index (χ1n) is 5.60. The Balaban J connectivity index is 2.78. The normalized spacial score (nSPS) is 11.3. The molecule has 2 nitrogen and oxygen atoms in total. The molecule has 0 spiro atoms. The van der Waals surface area contributed by atoms with Gasteiger partial charge >= 0.3 is 0 Å². The summed E-state index contributed by atoms with van der Waals surface area (Å²) in [7, 11) is 5.95. The van der Waals surface area contributed by atoms with Gasteiger partial charge in [0.05, 0.1) is 7.11 Å². The van der Waals surface area contributed by atoms with E-state index in [1.807, 2.05) is 31.1 Å². The van der Waals surface area contributed by atoms with Gasteiger partial charge in [0.25, 0.3) is 0 Å². The van der Waals surface area contributed by atoms with Gasteiger partial charge in [-0.1, -0.05) is 12.6 Å². The highest BCUT2D eigenvalue weighted by Gasteiger charge is 2.03. The second-order valence-electron chi connectivity index (χ2n) is 4.25. The van der Waals surface area contributed by atoms with Crippen LogP contribution in [-0.2, 0) is 11.3 Å². The molecule has 0 fully saturated rings. The fourth-order valence-corrected chi connectivity index (χ4v) is 1.87. The fourth-order valence-electron chi connectivity index (χ4n) is 1.56. The summed E-state index contributed by atoms with van der Waals surface area (Å²) < 4.78 is 18.3. The number of nitrogens with zero attached hydrogens (tertiary/aromatic N) is 1. The number of benzene rings is 1. The molecule has 1 aromatic carbocycles. The van der Waals surface area contributed by atoms with Crippen molar-refractivity contribution >= 4 is 14.5 Å². The van der Waals surface area contributed by atoms with E-state index in [9.17, 15) is 4.39 Å². The molecule has 18 heavy (non-hydrogen) atoms. The second-order valence-corrected chi connectivity index (χ2v) is 4.87. The largest absolute Gasteiger partial charge is 0.495 e. The Kier molecular flexibility index (Phi) is 5.36. The van der Waals surface area contributed by atoms with E-state index in [0.717, 1.165) is 16.9 Å². The SMILES string of the molecule is C=C(C)/C(=C\N(C)Cc1ccc(F)c(P)c1)OC. The predicted octanol–water partition coefficient (Wildman–Crippen LogP) is 2.82. The molecular formula is C14H19FNOP. The molecule has 0 aliphatic carbocycles. The summed E-state index contributed by atoms with van der Waals surface area (Å²) in [6.07, 6.45) is 1.88. The van der Waals surface area contributed by atoms with Crippen LogP contribution in [0.25, 0.3) is 0 Å². The van der Waals surface area contributed by atoms with Crippen molar-refractivity contribution in [3.8, 4) is 0 Å². The topological polar surface area (TPSA) is 12.5 Å². The standard InChI is InChI=1S/C14H19FNOP/c1-10(2)13(17-4)9-16(3)8-11-5-6-12(15)14(18)7-11/h5-7,9H,1,8,18H2,2-4H3/b13-9+. The Hall–Kier alpha value is -1.34. The molecular weight excluding hydrogens is 248 g/mol.